The van der Waals surface area contributed by atoms with Gasteiger partial charge in [-0.25, -0.2) is 4.79 Å². The molecule has 0 heterocycles. The third-order valence-electron chi connectivity index (χ3n) is 6.59. The van der Waals surface area contributed by atoms with Crippen LogP contribution in [-0.2, 0) is 14.3 Å². The molecule has 5 atom stereocenters. The molecule has 0 radical (unpaired) electrons. The molecule has 0 bridgehead atoms. The molecule has 24 heavy (non-hydrogen) atoms. The monoisotopic (exact) mass is 330 g/mol. The smallest absolute Gasteiger partial charge is 0.334 e. The summed E-state index contributed by atoms with van der Waals surface area (Å²) in [5.74, 6) is 0.998. The number of allylic oxidation sites excluding steroid dienone is 3. The molecule has 0 N–H and O–H groups in total. The van der Waals surface area contributed by atoms with Gasteiger partial charge in [0.25, 0.3) is 0 Å². The topological polar surface area (TPSA) is 43.4 Å². The predicted octanol–water partition coefficient (Wildman–Crippen LogP) is 4.47. The molecule has 0 aliphatic heterocycles. The van der Waals surface area contributed by atoms with Gasteiger partial charge in [-0.05, 0) is 63.2 Å². The van der Waals surface area contributed by atoms with Crippen LogP contribution in [0.3, 0.4) is 0 Å². The lowest BCUT2D eigenvalue weighted by Gasteiger charge is -2.34. The summed E-state index contributed by atoms with van der Waals surface area (Å²) < 4.78 is 5.33. The fourth-order valence-electron chi connectivity index (χ4n) is 5.31. The zero-order valence-corrected chi connectivity index (χ0v) is 15.6. The van der Waals surface area contributed by atoms with Crippen molar-refractivity contribution in [3.8, 4) is 0 Å². The Kier molecular flexibility index (Phi) is 4.48. The minimum atomic E-state index is -0.378. The van der Waals surface area contributed by atoms with Crippen LogP contribution in [0.4, 0.5) is 0 Å². The number of carbonyl (C=O) groups excluding carboxylic acids is 2. The molecule has 0 amide bonds. The summed E-state index contributed by atoms with van der Waals surface area (Å²) in [5.41, 5.74) is 2.42. The Morgan fingerprint density at radius 3 is 2.71 bits per heavy atom. The third kappa shape index (κ3) is 2.57. The quantitative estimate of drug-likeness (QED) is 0.554. The molecule has 1 unspecified atom stereocenters. The predicted molar refractivity (Wildman–Crippen MR) is 94.3 cm³/mol. The number of fused-ring (bicyclic) bond motifs is 2. The highest BCUT2D eigenvalue weighted by Crippen LogP contribution is 2.54. The normalized spacial score (nSPS) is 39.0. The second-order valence-corrected chi connectivity index (χ2v) is 8.39. The van der Waals surface area contributed by atoms with Crippen molar-refractivity contribution in [3.63, 3.8) is 0 Å². The summed E-state index contributed by atoms with van der Waals surface area (Å²) in [6.07, 6.45) is 6.15. The fourth-order valence-corrected chi connectivity index (χ4v) is 5.31. The van der Waals surface area contributed by atoms with Gasteiger partial charge in [0.05, 0.1) is 6.61 Å². The van der Waals surface area contributed by atoms with E-state index in [1.165, 1.54) is 5.57 Å². The maximum atomic E-state index is 13.6. The van der Waals surface area contributed by atoms with Gasteiger partial charge in [0.2, 0.25) is 0 Å². The van der Waals surface area contributed by atoms with Crippen LogP contribution >= 0.6 is 0 Å². The lowest BCUT2D eigenvalue weighted by molar-refractivity contribution is -0.140. The van der Waals surface area contributed by atoms with Crippen LogP contribution in [0.2, 0.25) is 0 Å². The Morgan fingerprint density at radius 2 is 2.04 bits per heavy atom. The largest absolute Gasteiger partial charge is 0.463 e. The van der Waals surface area contributed by atoms with Crippen molar-refractivity contribution in [3.05, 3.63) is 22.8 Å². The Bertz CT molecular complexity index is 627. The maximum absolute atomic E-state index is 13.6. The summed E-state index contributed by atoms with van der Waals surface area (Å²) in [7, 11) is 0. The SMILES string of the molecule is CCOC(=O)C1=C2C(=O)[C@@]3(C)CC(C)=C[C@H]3C[C@H](C)C2CC[C@@H]1C. The first-order chi connectivity index (χ1) is 11.3. The molecule has 132 valence electrons. The minimum absolute atomic E-state index is 0.113. The van der Waals surface area contributed by atoms with E-state index in [-0.39, 0.29) is 29.0 Å². The van der Waals surface area contributed by atoms with Crippen molar-refractivity contribution >= 4 is 11.8 Å². The zero-order valence-electron chi connectivity index (χ0n) is 15.6. The summed E-state index contributed by atoms with van der Waals surface area (Å²) in [4.78, 5) is 26.3. The van der Waals surface area contributed by atoms with Gasteiger partial charge in [-0.1, -0.05) is 32.4 Å². The molecule has 3 heteroatoms. The number of ether oxygens (including phenoxy) is 1. The minimum Gasteiger partial charge on any atom is -0.463 e. The third-order valence-corrected chi connectivity index (χ3v) is 6.59. The molecule has 3 nitrogen and oxygen atoms in total. The van der Waals surface area contributed by atoms with Crippen LogP contribution in [-0.4, -0.2) is 18.4 Å². The molecule has 0 aromatic carbocycles. The van der Waals surface area contributed by atoms with Crippen LogP contribution in [0.15, 0.2) is 22.8 Å². The van der Waals surface area contributed by atoms with Crippen LogP contribution in [0.25, 0.3) is 0 Å². The van der Waals surface area contributed by atoms with E-state index in [4.69, 9.17) is 4.74 Å². The van der Waals surface area contributed by atoms with Gasteiger partial charge in [0.15, 0.2) is 5.78 Å². The van der Waals surface area contributed by atoms with Crippen LogP contribution < -0.4 is 0 Å². The Labute approximate surface area is 145 Å². The number of rotatable bonds is 2. The summed E-state index contributed by atoms with van der Waals surface area (Å²) in [6.45, 7) is 10.7. The Morgan fingerprint density at radius 1 is 1.33 bits per heavy atom. The second-order valence-electron chi connectivity index (χ2n) is 8.39. The summed E-state index contributed by atoms with van der Waals surface area (Å²) in [5, 5.41) is 0. The van der Waals surface area contributed by atoms with E-state index in [9.17, 15) is 9.59 Å². The van der Waals surface area contributed by atoms with Gasteiger partial charge in [-0.2, -0.15) is 0 Å². The van der Waals surface area contributed by atoms with Crippen LogP contribution in [0, 0.1) is 29.1 Å². The van der Waals surface area contributed by atoms with Crippen molar-refractivity contribution in [1.82, 2.24) is 0 Å². The highest BCUT2D eigenvalue weighted by molar-refractivity contribution is 6.08. The highest BCUT2D eigenvalue weighted by Gasteiger charge is 2.52. The van der Waals surface area contributed by atoms with Gasteiger partial charge >= 0.3 is 5.97 Å². The molecular weight excluding hydrogens is 300 g/mol. The van der Waals surface area contributed by atoms with Gasteiger partial charge in [0.1, 0.15) is 0 Å². The van der Waals surface area contributed by atoms with Crippen molar-refractivity contribution in [2.75, 3.05) is 6.61 Å². The first-order valence-electron chi connectivity index (χ1n) is 9.42. The lowest BCUT2D eigenvalue weighted by atomic mass is 9.68. The number of hydrogen-bond donors (Lipinski definition) is 0. The van der Waals surface area contributed by atoms with Gasteiger partial charge in [-0.15, -0.1) is 0 Å². The molecule has 0 aromatic rings. The van der Waals surface area contributed by atoms with Crippen molar-refractivity contribution in [2.24, 2.45) is 29.1 Å². The molecule has 1 saturated carbocycles. The van der Waals surface area contributed by atoms with E-state index in [0.717, 1.165) is 31.3 Å². The average Bonchev–Trinajstić information content (AvgIpc) is 2.77. The number of Topliss-reactive ketones (excluding diaryl/α,β-unsaturated/α-hetero) is 1. The molecule has 0 saturated heterocycles. The number of ketones is 1. The molecule has 3 aliphatic rings. The standard InChI is InChI=1S/C21H30O3/c1-6-24-20(23)17-13(3)7-8-16-14(4)10-15-9-12(2)11-21(15,5)19(22)18(16)17/h9,13-16H,6-8,10-11H2,1-5H3/t13-,14-,15-,16?,21-/m0/s1. The first-order valence-corrected chi connectivity index (χ1v) is 9.42. The number of esters is 1. The molecular formula is C21H30O3. The van der Waals surface area contributed by atoms with E-state index in [0.29, 0.717) is 24.0 Å². The Hall–Kier alpha value is -1.38. The van der Waals surface area contributed by atoms with Gasteiger partial charge < -0.3 is 4.74 Å². The first kappa shape index (κ1) is 17.4. The molecule has 0 spiro atoms. The van der Waals surface area contributed by atoms with Gasteiger partial charge in [0, 0.05) is 16.6 Å². The highest BCUT2D eigenvalue weighted by atomic mass is 16.5. The van der Waals surface area contributed by atoms with E-state index >= 15 is 0 Å². The van der Waals surface area contributed by atoms with Gasteiger partial charge in [-0.3, -0.25) is 4.79 Å². The number of carbonyl (C=O) groups is 2. The second kappa shape index (κ2) is 6.16. The molecule has 0 aromatic heterocycles. The average molecular weight is 330 g/mol. The van der Waals surface area contributed by atoms with Crippen LogP contribution in [0.1, 0.15) is 60.3 Å². The molecule has 1 fully saturated rings. The van der Waals surface area contributed by atoms with Crippen molar-refractivity contribution in [2.45, 2.75) is 60.3 Å². The van der Waals surface area contributed by atoms with Crippen LogP contribution in [0.5, 0.6) is 0 Å². The summed E-state index contributed by atoms with van der Waals surface area (Å²) in [6, 6.07) is 0. The Balaban J connectivity index is 2.14. The van der Waals surface area contributed by atoms with Crippen molar-refractivity contribution in [1.29, 1.82) is 0 Å². The van der Waals surface area contributed by atoms with E-state index in [1.807, 2.05) is 6.92 Å². The lowest BCUT2D eigenvalue weighted by Crippen LogP contribution is -2.36. The van der Waals surface area contributed by atoms with Crippen molar-refractivity contribution < 1.29 is 14.3 Å². The fraction of sp³-hybridized carbons (Fsp3) is 0.714. The molecule has 3 rings (SSSR count). The maximum Gasteiger partial charge on any atom is 0.334 e. The number of hydrogen-bond acceptors (Lipinski definition) is 3. The zero-order chi connectivity index (χ0) is 17.6. The summed E-state index contributed by atoms with van der Waals surface area (Å²) >= 11 is 0. The van der Waals surface area contributed by atoms with E-state index in [2.05, 4.69) is 33.8 Å². The van der Waals surface area contributed by atoms with E-state index < -0.39 is 0 Å². The molecule has 3 aliphatic carbocycles. The van der Waals surface area contributed by atoms with E-state index in [1.54, 1.807) is 0 Å².